The Morgan fingerprint density at radius 3 is 2.85 bits per heavy atom. The molecule has 0 atom stereocenters. The third-order valence-corrected chi connectivity index (χ3v) is 3.77. The first kappa shape index (κ1) is 14.5. The number of ether oxygens (including phenoxy) is 1. The van der Waals surface area contributed by atoms with Crippen LogP contribution in [0.25, 0.3) is 0 Å². The molecular weight excluding hydrogens is 276 g/mol. The first-order valence-corrected chi connectivity index (χ1v) is 7.45. The molecule has 6 nitrogen and oxygen atoms in total. The van der Waals surface area contributed by atoms with Gasteiger partial charge in [-0.1, -0.05) is 11.8 Å². The summed E-state index contributed by atoms with van der Waals surface area (Å²) in [5.74, 6) is 1.66. The van der Waals surface area contributed by atoms with Crippen molar-refractivity contribution in [2.75, 3.05) is 18.1 Å². The molecular formula is C13H18N4O2S. The number of hydrogen-bond donors (Lipinski definition) is 2. The highest BCUT2D eigenvalue weighted by atomic mass is 32.2. The summed E-state index contributed by atoms with van der Waals surface area (Å²) >= 11 is 1.55. The molecule has 1 aromatic carbocycles. The highest BCUT2D eigenvalue weighted by Gasteiger charge is 2.06. The molecule has 3 N–H and O–H groups in total. The van der Waals surface area contributed by atoms with Gasteiger partial charge < -0.3 is 10.5 Å². The number of H-pyrrole nitrogens is 1. The van der Waals surface area contributed by atoms with E-state index in [-0.39, 0.29) is 5.69 Å². The second-order valence-electron chi connectivity index (χ2n) is 4.18. The standard InChI is InChI=1S/C13H18N4O2S/c1-2-17-12(18)15-16-13(17)20-9-3-8-19-11-6-4-10(14)5-7-11/h4-7H,2-3,8-9,14H2,1H3,(H,15,18). The smallest absolute Gasteiger partial charge is 0.343 e. The van der Waals surface area contributed by atoms with Gasteiger partial charge in [0.1, 0.15) is 5.75 Å². The van der Waals surface area contributed by atoms with E-state index in [9.17, 15) is 4.79 Å². The van der Waals surface area contributed by atoms with Crippen LogP contribution in [0.5, 0.6) is 5.75 Å². The minimum absolute atomic E-state index is 0.159. The molecule has 0 amide bonds. The molecule has 1 aromatic heterocycles. The van der Waals surface area contributed by atoms with Gasteiger partial charge in [-0.05, 0) is 37.6 Å². The lowest BCUT2D eigenvalue weighted by Crippen LogP contribution is -2.16. The summed E-state index contributed by atoms with van der Waals surface area (Å²) < 4.78 is 7.21. The fourth-order valence-electron chi connectivity index (χ4n) is 1.67. The molecule has 1 heterocycles. The number of aromatic amines is 1. The number of nitrogen functional groups attached to an aromatic ring is 1. The zero-order valence-corrected chi connectivity index (χ0v) is 12.2. The third-order valence-electron chi connectivity index (χ3n) is 2.71. The number of hydrogen-bond acceptors (Lipinski definition) is 5. The van der Waals surface area contributed by atoms with Gasteiger partial charge in [0.2, 0.25) is 0 Å². The van der Waals surface area contributed by atoms with Crippen LogP contribution < -0.4 is 16.2 Å². The monoisotopic (exact) mass is 294 g/mol. The molecule has 0 saturated carbocycles. The zero-order valence-electron chi connectivity index (χ0n) is 11.3. The highest BCUT2D eigenvalue weighted by molar-refractivity contribution is 7.99. The third kappa shape index (κ3) is 3.80. The van der Waals surface area contributed by atoms with E-state index in [1.165, 1.54) is 0 Å². The van der Waals surface area contributed by atoms with Crippen molar-refractivity contribution in [1.29, 1.82) is 0 Å². The Hall–Kier alpha value is -1.89. The van der Waals surface area contributed by atoms with Crippen molar-refractivity contribution >= 4 is 17.4 Å². The Morgan fingerprint density at radius 1 is 1.40 bits per heavy atom. The second kappa shape index (κ2) is 7.04. The van der Waals surface area contributed by atoms with E-state index < -0.39 is 0 Å². The van der Waals surface area contributed by atoms with Crippen LogP contribution in [0.3, 0.4) is 0 Å². The van der Waals surface area contributed by atoms with Crippen LogP contribution in [-0.4, -0.2) is 27.1 Å². The van der Waals surface area contributed by atoms with Crippen LogP contribution in [0.1, 0.15) is 13.3 Å². The molecule has 108 valence electrons. The Labute approximate surface area is 121 Å². The molecule has 0 bridgehead atoms. The van der Waals surface area contributed by atoms with Gasteiger partial charge in [-0.25, -0.2) is 9.89 Å². The van der Waals surface area contributed by atoms with Gasteiger partial charge in [0, 0.05) is 18.0 Å². The molecule has 0 radical (unpaired) electrons. The minimum Gasteiger partial charge on any atom is -0.494 e. The predicted octanol–water partition coefficient (Wildman–Crippen LogP) is 1.73. The van der Waals surface area contributed by atoms with Crippen molar-refractivity contribution in [3.63, 3.8) is 0 Å². The lowest BCUT2D eigenvalue weighted by Gasteiger charge is -2.06. The summed E-state index contributed by atoms with van der Waals surface area (Å²) in [7, 11) is 0. The maximum absolute atomic E-state index is 11.4. The van der Waals surface area contributed by atoms with Crippen molar-refractivity contribution in [3.8, 4) is 5.75 Å². The predicted molar refractivity (Wildman–Crippen MR) is 80.2 cm³/mol. The van der Waals surface area contributed by atoms with E-state index in [1.807, 2.05) is 31.2 Å². The van der Waals surface area contributed by atoms with Crippen molar-refractivity contribution in [1.82, 2.24) is 14.8 Å². The molecule has 0 saturated heterocycles. The Kier molecular flexibility index (Phi) is 5.11. The van der Waals surface area contributed by atoms with Gasteiger partial charge in [0.25, 0.3) is 0 Å². The highest BCUT2D eigenvalue weighted by Crippen LogP contribution is 2.16. The van der Waals surface area contributed by atoms with Crippen molar-refractivity contribution in [3.05, 3.63) is 34.7 Å². The van der Waals surface area contributed by atoms with Crippen LogP contribution in [0.4, 0.5) is 5.69 Å². The van der Waals surface area contributed by atoms with E-state index in [2.05, 4.69) is 10.2 Å². The van der Waals surface area contributed by atoms with Crippen molar-refractivity contribution < 1.29 is 4.74 Å². The maximum Gasteiger partial charge on any atom is 0.343 e. The molecule has 0 aliphatic carbocycles. The molecule has 2 aromatic rings. The number of nitrogens with zero attached hydrogens (tertiary/aromatic N) is 2. The van der Waals surface area contributed by atoms with Crippen molar-refractivity contribution in [2.24, 2.45) is 0 Å². The summed E-state index contributed by atoms with van der Waals surface area (Å²) in [4.78, 5) is 11.4. The molecule has 7 heteroatoms. The van der Waals surface area contributed by atoms with E-state index in [1.54, 1.807) is 16.3 Å². The van der Waals surface area contributed by atoms with Crippen LogP contribution in [0, 0.1) is 0 Å². The van der Waals surface area contributed by atoms with E-state index in [4.69, 9.17) is 10.5 Å². The lowest BCUT2D eigenvalue weighted by molar-refractivity contribution is 0.318. The first-order chi connectivity index (χ1) is 9.70. The van der Waals surface area contributed by atoms with Crippen LogP contribution in [0.15, 0.2) is 34.2 Å². The SMILES string of the molecule is CCn1c(SCCCOc2ccc(N)cc2)n[nH]c1=O. The number of rotatable bonds is 7. The van der Waals surface area contributed by atoms with Gasteiger partial charge in [0.15, 0.2) is 5.16 Å². The fraction of sp³-hybridized carbons (Fsp3) is 0.385. The lowest BCUT2D eigenvalue weighted by atomic mass is 10.3. The molecule has 0 fully saturated rings. The largest absolute Gasteiger partial charge is 0.494 e. The Morgan fingerprint density at radius 2 is 2.15 bits per heavy atom. The van der Waals surface area contributed by atoms with E-state index in [0.717, 1.165) is 28.8 Å². The summed E-state index contributed by atoms with van der Waals surface area (Å²) in [6.45, 7) is 3.17. The summed E-state index contributed by atoms with van der Waals surface area (Å²) in [6, 6.07) is 7.33. The number of anilines is 1. The fourth-order valence-corrected chi connectivity index (χ4v) is 2.59. The van der Waals surface area contributed by atoms with Gasteiger partial charge >= 0.3 is 5.69 Å². The Bertz CT molecular complexity index is 591. The molecule has 2 rings (SSSR count). The number of aromatic nitrogens is 3. The summed E-state index contributed by atoms with van der Waals surface area (Å²) in [6.07, 6.45) is 0.875. The number of nitrogens with one attached hydrogen (secondary N) is 1. The van der Waals surface area contributed by atoms with Gasteiger partial charge in [-0.2, -0.15) is 0 Å². The van der Waals surface area contributed by atoms with Crippen LogP contribution in [0.2, 0.25) is 0 Å². The van der Waals surface area contributed by atoms with Crippen LogP contribution in [-0.2, 0) is 6.54 Å². The number of thioether (sulfide) groups is 1. The molecule has 0 unspecified atom stereocenters. The second-order valence-corrected chi connectivity index (χ2v) is 5.24. The quantitative estimate of drug-likeness (QED) is 0.461. The summed E-state index contributed by atoms with van der Waals surface area (Å²) in [5, 5.41) is 7.17. The molecule has 0 aliphatic rings. The molecule has 0 spiro atoms. The normalized spacial score (nSPS) is 10.7. The van der Waals surface area contributed by atoms with Gasteiger partial charge in [0.05, 0.1) is 6.61 Å². The number of nitrogens with two attached hydrogens (primary N) is 1. The van der Waals surface area contributed by atoms with E-state index >= 15 is 0 Å². The molecule has 20 heavy (non-hydrogen) atoms. The van der Waals surface area contributed by atoms with Crippen LogP contribution >= 0.6 is 11.8 Å². The average molecular weight is 294 g/mol. The Balaban J connectivity index is 1.71. The summed E-state index contributed by atoms with van der Waals surface area (Å²) in [5.41, 5.74) is 6.17. The topological polar surface area (TPSA) is 85.9 Å². The van der Waals surface area contributed by atoms with E-state index in [0.29, 0.717) is 13.2 Å². The van der Waals surface area contributed by atoms with Gasteiger partial charge in [-0.3, -0.25) is 4.57 Å². The maximum atomic E-state index is 11.4. The van der Waals surface area contributed by atoms with Crippen molar-refractivity contribution in [2.45, 2.75) is 25.0 Å². The average Bonchev–Trinajstić information content (AvgIpc) is 2.81. The number of benzene rings is 1. The first-order valence-electron chi connectivity index (χ1n) is 6.47. The zero-order chi connectivity index (χ0) is 14.4. The van der Waals surface area contributed by atoms with Gasteiger partial charge in [-0.15, -0.1) is 5.10 Å². The minimum atomic E-state index is -0.159. The molecule has 0 aliphatic heterocycles.